The summed E-state index contributed by atoms with van der Waals surface area (Å²) in [5.74, 6) is 0. The highest BCUT2D eigenvalue weighted by atomic mass is 35.5. The highest BCUT2D eigenvalue weighted by molar-refractivity contribution is 6.46. The SMILES string of the molecule is C=CC(F)OC(C)(Cl)Cl. The van der Waals surface area contributed by atoms with Crippen molar-refractivity contribution in [3.8, 4) is 0 Å². The number of ether oxygens (including phenoxy) is 1. The van der Waals surface area contributed by atoms with E-state index in [9.17, 15) is 4.39 Å². The van der Waals surface area contributed by atoms with Gasteiger partial charge in [-0.25, -0.2) is 4.39 Å². The molecule has 0 aliphatic rings. The lowest BCUT2D eigenvalue weighted by Crippen LogP contribution is -2.17. The van der Waals surface area contributed by atoms with Gasteiger partial charge in [-0.05, 0) is 13.0 Å². The second-order valence-electron chi connectivity index (χ2n) is 1.51. The van der Waals surface area contributed by atoms with Gasteiger partial charge in [0.05, 0.1) is 0 Å². The fourth-order valence-electron chi connectivity index (χ4n) is 0.246. The summed E-state index contributed by atoms with van der Waals surface area (Å²) in [6.07, 6.45) is -0.645. The van der Waals surface area contributed by atoms with Crippen molar-refractivity contribution in [2.24, 2.45) is 0 Å². The van der Waals surface area contributed by atoms with Gasteiger partial charge in [-0.1, -0.05) is 29.8 Å². The van der Waals surface area contributed by atoms with E-state index in [0.29, 0.717) is 0 Å². The van der Waals surface area contributed by atoms with Crippen LogP contribution >= 0.6 is 23.2 Å². The first-order valence-electron chi connectivity index (χ1n) is 2.28. The van der Waals surface area contributed by atoms with Crippen molar-refractivity contribution in [1.29, 1.82) is 0 Å². The van der Waals surface area contributed by atoms with Gasteiger partial charge in [-0.15, -0.1) is 0 Å². The van der Waals surface area contributed by atoms with Gasteiger partial charge in [0, 0.05) is 0 Å². The van der Waals surface area contributed by atoms with Gasteiger partial charge in [0.2, 0.25) is 10.9 Å². The smallest absolute Gasteiger partial charge is 0.220 e. The number of hydrogen-bond donors (Lipinski definition) is 0. The van der Waals surface area contributed by atoms with Crippen LogP contribution in [0.3, 0.4) is 0 Å². The Hall–Kier alpha value is 0.210. The molecule has 0 heterocycles. The fourth-order valence-corrected chi connectivity index (χ4v) is 0.416. The standard InChI is InChI=1S/C5H7Cl2FO/c1-3-4(8)9-5(2,6)7/h3-4H,1H2,2H3. The summed E-state index contributed by atoms with van der Waals surface area (Å²) in [6.45, 7) is 4.45. The van der Waals surface area contributed by atoms with Crippen molar-refractivity contribution >= 4 is 23.2 Å². The van der Waals surface area contributed by atoms with E-state index in [0.717, 1.165) is 6.08 Å². The molecular formula is C5H7Cl2FO. The molecule has 0 radical (unpaired) electrons. The molecule has 0 saturated heterocycles. The van der Waals surface area contributed by atoms with E-state index < -0.39 is 10.9 Å². The van der Waals surface area contributed by atoms with Gasteiger partial charge < -0.3 is 4.74 Å². The zero-order valence-corrected chi connectivity index (χ0v) is 6.42. The maximum atomic E-state index is 12.1. The van der Waals surface area contributed by atoms with Crippen LogP contribution in [0.1, 0.15) is 6.92 Å². The Morgan fingerprint density at radius 1 is 1.78 bits per heavy atom. The minimum absolute atomic E-state index is 0.961. The first kappa shape index (κ1) is 9.21. The number of hydrogen-bond acceptors (Lipinski definition) is 1. The van der Waals surface area contributed by atoms with Crippen LogP contribution in [0.25, 0.3) is 0 Å². The molecule has 0 fully saturated rings. The Bertz CT molecular complexity index is 99.6. The summed E-state index contributed by atoms with van der Waals surface area (Å²) in [7, 11) is 0. The molecule has 54 valence electrons. The molecule has 0 rings (SSSR count). The van der Waals surface area contributed by atoms with Gasteiger partial charge in [0.25, 0.3) is 0 Å². The average Bonchev–Trinajstić information content (AvgIpc) is 1.62. The summed E-state index contributed by atoms with van der Waals surface area (Å²) in [6, 6.07) is 0. The first-order chi connectivity index (χ1) is 3.95. The molecule has 0 N–H and O–H groups in total. The predicted molar refractivity (Wildman–Crippen MR) is 36.3 cm³/mol. The Morgan fingerprint density at radius 3 is 2.33 bits per heavy atom. The van der Waals surface area contributed by atoms with Crippen molar-refractivity contribution in [2.75, 3.05) is 0 Å². The van der Waals surface area contributed by atoms with E-state index in [-0.39, 0.29) is 0 Å². The van der Waals surface area contributed by atoms with Crippen LogP contribution in [0.15, 0.2) is 12.7 Å². The number of halogens is 3. The van der Waals surface area contributed by atoms with E-state index in [4.69, 9.17) is 23.2 Å². The largest absolute Gasteiger partial charge is 0.309 e. The zero-order valence-electron chi connectivity index (χ0n) is 4.90. The molecule has 0 aliphatic carbocycles. The Balaban J connectivity index is 3.59. The second-order valence-corrected chi connectivity index (χ2v) is 3.15. The average molecular weight is 173 g/mol. The first-order valence-corrected chi connectivity index (χ1v) is 3.03. The van der Waals surface area contributed by atoms with Crippen LogP contribution in [-0.4, -0.2) is 10.9 Å². The predicted octanol–water partition coefficient (Wildman–Crippen LogP) is 2.64. The third-order valence-corrected chi connectivity index (χ3v) is 0.683. The lowest BCUT2D eigenvalue weighted by atomic mass is 10.6. The van der Waals surface area contributed by atoms with Gasteiger partial charge in [0.1, 0.15) is 0 Å². The molecular weight excluding hydrogens is 166 g/mol. The fraction of sp³-hybridized carbons (Fsp3) is 0.600. The number of alkyl halides is 3. The highest BCUT2D eigenvalue weighted by Crippen LogP contribution is 2.23. The molecule has 4 heteroatoms. The number of rotatable bonds is 3. The monoisotopic (exact) mass is 172 g/mol. The molecule has 0 spiro atoms. The third kappa shape index (κ3) is 6.09. The van der Waals surface area contributed by atoms with E-state index >= 15 is 0 Å². The van der Waals surface area contributed by atoms with Crippen molar-refractivity contribution in [3.05, 3.63) is 12.7 Å². The normalized spacial score (nSPS) is 15.1. The van der Waals surface area contributed by atoms with Crippen LogP contribution in [0.5, 0.6) is 0 Å². The highest BCUT2D eigenvalue weighted by Gasteiger charge is 2.20. The third-order valence-electron chi connectivity index (χ3n) is 0.505. The molecule has 9 heavy (non-hydrogen) atoms. The van der Waals surface area contributed by atoms with Crippen molar-refractivity contribution in [2.45, 2.75) is 17.8 Å². The Labute approximate surface area is 63.4 Å². The lowest BCUT2D eigenvalue weighted by molar-refractivity contribution is -0.0328. The summed E-state index contributed by atoms with van der Waals surface area (Å²) >= 11 is 10.5. The molecule has 0 aromatic heterocycles. The molecule has 0 bridgehead atoms. The molecule has 1 unspecified atom stereocenters. The molecule has 0 aromatic rings. The van der Waals surface area contributed by atoms with E-state index in [1.165, 1.54) is 6.92 Å². The van der Waals surface area contributed by atoms with Gasteiger partial charge in [-0.2, -0.15) is 0 Å². The van der Waals surface area contributed by atoms with Crippen molar-refractivity contribution in [3.63, 3.8) is 0 Å². The molecule has 0 aromatic carbocycles. The summed E-state index contributed by atoms with van der Waals surface area (Å²) < 4.78 is 15.0. The quantitative estimate of drug-likeness (QED) is 0.470. The van der Waals surface area contributed by atoms with Gasteiger partial charge >= 0.3 is 0 Å². The summed E-state index contributed by atoms with van der Waals surface area (Å²) in [5.41, 5.74) is 0. The molecule has 0 aliphatic heterocycles. The molecule has 0 saturated carbocycles. The van der Waals surface area contributed by atoms with Gasteiger partial charge in [-0.3, -0.25) is 0 Å². The van der Waals surface area contributed by atoms with Crippen LogP contribution in [0.4, 0.5) is 4.39 Å². The molecule has 1 atom stereocenters. The van der Waals surface area contributed by atoms with E-state index in [1.807, 2.05) is 0 Å². The maximum absolute atomic E-state index is 12.1. The van der Waals surface area contributed by atoms with Crippen LogP contribution in [0, 0.1) is 0 Å². The topological polar surface area (TPSA) is 9.23 Å². The Morgan fingerprint density at radius 2 is 2.22 bits per heavy atom. The Kier molecular flexibility index (Phi) is 3.48. The summed E-state index contributed by atoms with van der Waals surface area (Å²) in [5, 5.41) is 0. The minimum atomic E-state index is -1.61. The molecule has 0 amide bonds. The lowest BCUT2D eigenvalue weighted by Gasteiger charge is -2.14. The zero-order chi connectivity index (χ0) is 7.49. The van der Waals surface area contributed by atoms with Crippen molar-refractivity contribution < 1.29 is 9.13 Å². The minimum Gasteiger partial charge on any atom is -0.309 e. The van der Waals surface area contributed by atoms with Crippen molar-refractivity contribution in [1.82, 2.24) is 0 Å². The van der Waals surface area contributed by atoms with E-state index in [1.54, 1.807) is 0 Å². The van der Waals surface area contributed by atoms with Crippen LogP contribution in [0.2, 0.25) is 0 Å². The van der Waals surface area contributed by atoms with Gasteiger partial charge in [0.15, 0.2) is 0 Å². The van der Waals surface area contributed by atoms with Crippen LogP contribution < -0.4 is 0 Å². The second kappa shape index (κ2) is 3.40. The summed E-state index contributed by atoms with van der Waals surface area (Å²) in [4.78, 5) is 0. The molecule has 1 nitrogen and oxygen atoms in total. The maximum Gasteiger partial charge on any atom is 0.220 e. The van der Waals surface area contributed by atoms with E-state index in [2.05, 4.69) is 11.3 Å². The van der Waals surface area contributed by atoms with Crippen LogP contribution in [-0.2, 0) is 4.74 Å².